The predicted molar refractivity (Wildman–Crippen MR) is 116 cm³/mol. The van der Waals surface area contributed by atoms with Gasteiger partial charge in [-0.3, -0.25) is 14.9 Å². The monoisotopic (exact) mass is 477 g/mol. The molecular weight excluding hydrogens is 454 g/mol. The minimum absolute atomic E-state index is 0.0731. The summed E-state index contributed by atoms with van der Waals surface area (Å²) in [6.45, 7) is 3.83. The van der Waals surface area contributed by atoms with E-state index in [-0.39, 0.29) is 47.7 Å². The van der Waals surface area contributed by atoms with E-state index < -0.39 is 29.0 Å². The number of nitro groups is 1. The molecule has 2 saturated heterocycles. The van der Waals surface area contributed by atoms with Gasteiger partial charge in [0, 0.05) is 29.5 Å². The summed E-state index contributed by atoms with van der Waals surface area (Å²) in [5, 5.41) is 23.3. The Balaban J connectivity index is 1.54. The molecule has 0 radical (unpaired) electrons. The van der Waals surface area contributed by atoms with E-state index in [1.165, 1.54) is 40.9 Å². The number of ether oxygens (including phenoxy) is 2. The van der Waals surface area contributed by atoms with Gasteiger partial charge in [0.25, 0.3) is 5.69 Å². The number of thioether (sulfide) groups is 1. The van der Waals surface area contributed by atoms with Gasteiger partial charge in [0.1, 0.15) is 18.9 Å². The number of aliphatic hydroxyl groups is 1. The van der Waals surface area contributed by atoms with E-state index in [0.717, 1.165) is 0 Å². The molecule has 3 aliphatic heterocycles. The summed E-state index contributed by atoms with van der Waals surface area (Å²) in [6.07, 6.45) is -1.36. The van der Waals surface area contributed by atoms with Crippen molar-refractivity contribution in [1.82, 2.24) is 10.2 Å². The summed E-state index contributed by atoms with van der Waals surface area (Å²) >= 11 is 1.35. The summed E-state index contributed by atoms with van der Waals surface area (Å²) in [5.41, 5.74) is 0.626. The van der Waals surface area contributed by atoms with Crippen molar-refractivity contribution in [2.45, 2.75) is 37.9 Å². The molecule has 0 bridgehead atoms. The first-order chi connectivity index (χ1) is 15.7. The van der Waals surface area contributed by atoms with Crippen LogP contribution in [0.5, 0.6) is 0 Å². The number of cyclic esters (lactones) is 1. The minimum atomic E-state index is -0.861. The summed E-state index contributed by atoms with van der Waals surface area (Å²) in [5.74, 6) is -1.86. The Labute approximate surface area is 193 Å². The number of carbonyl (C=O) groups is 3. The normalized spacial score (nSPS) is 27.3. The fourth-order valence-electron chi connectivity index (χ4n) is 4.33. The average Bonchev–Trinajstić information content (AvgIpc) is 3.02. The number of nitrogens with zero attached hydrogens (tertiary/aromatic N) is 2. The zero-order valence-corrected chi connectivity index (χ0v) is 18.7. The van der Waals surface area contributed by atoms with Crippen LogP contribution >= 0.6 is 11.8 Å². The molecule has 2 amide bonds. The Bertz CT molecular complexity index is 1010. The Morgan fingerprint density at radius 3 is 2.67 bits per heavy atom. The molecule has 11 nitrogen and oxygen atoms in total. The number of hydrogen-bond donors (Lipinski definition) is 2. The third-order valence-corrected chi connectivity index (χ3v) is 7.44. The van der Waals surface area contributed by atoms with E-state index in [0.29, 0.717) is 17.0 Å². The van der Waals surface area contributed by atoms with E-state index in [1.54, 1.807) is 6.92 Å². The molecule has 3 heterocycles. The highest BCUT2D eigenvalue weighted by Crippen LogP contribution is 2.51. The zero-order valence-electron chi connectivity index (χ0n) is 17.9. The number of hydrogen-bond acceptors (Lipinski definition) is 9. The van der Waals surface area contributed by atoms with Crippen LogP contribution in [-0.2, 0) is 25.7 Å². The summed E-state index contributed by atoms with van der Waals surface area (Å²) in [4.78, 5) is 49.5. The highest BCUT2D eigenvalue weighted by molar-refractivity contribution is 8.03. The third kappa shape index (κ3) is 4.27. The van der Waals surface area contributed by atoms with Crippen molar-refractivity contribution in [2.75, 3.05) is 13.2 Å². The summed E-state index contributed by atoms with van der Waals surface area (Å²) in [7, 11) is 0. The van der Waals surface area contributed by atoms with E-state index in [4.69, 9.17) is 9.47 Å². The number of rotatable bonds is 7. The highest BCUT2D eigenvalue weighted by atomic mass is 32.2. The number of nitrogens with one attached hydrogen (secondary N) is 1. The smallest absolute Gasteiger partial charge is 0.407 e. The van der Waals surface area contributed by atoms with Gasteiger partial charge in [-0.2, -0.15) is 0 Å². The number of nitro benzene ring substituents is 1. The van der Waals surface area contributed by atoms with Gasteiger partial charge >= 0.3 is 12.1 Å². The van der Waals surface area contributed by atoms with Crippen molar-refractivity contribution in [2.24, 2.45) is 11.8 Å². The molecular formula is C21H23N3O8S. The fourth-order valence-corrected chi connectivity index (χ4v) is 5.64. The molecule has 1 aromatic rings. The largest absolute Gasteiger partial charge is 0.456 e. The van der Waals surface area contributed by atoms with Gasteiger partial charge in [-0.05, 0) is 24.6 Å². The number of fused-ring (bicyclic) bond motifs is 1. The van der Waals surface area contributed by atoms with Crippen molar-refractivity contribution in [3.63, 3.8) is 0 Å². The molecule has 2 N–H and O–H groups in total. The lowest BCUT2D eigenvalue weighted by Gasteiger charge is -2.46. The van der Waals surface area contributed by atoms with Crippen molar-refractivity contribution in [3.05, 3.63) is 50.5 Å². The maximum absolute atomic E-state index is 13.1. The number of amides is 2. The third-order valence-electron chi connectivity index (χ3n) is 5.99. The lowest BCUT2D eigenvalue weighted by molar-refractivity contribution is -0.384. The van der Waals surface area contributed by atoms with Crippen LogP contribution in [0.1, 0.15) is 19.4 Å². The number of non-ortho nitro benzene ring substituents is 1. The summed E-state index contributed by atoms with van der Waals surface area (Å²) < 4.78 is 10.5. The first kappa shape index (κ1) is 23.1. The predicted octanol–water partition coefficient (Wildman–Crippen LogP) is 1.55. The van der Waals surface area contributed by atoms with Gasteiger partial charge in [-0.25, -0.2) is 9.59 Å². The SMILES string of the molecule is C[C@@H](O)[C@H]1C(=O)N2C(C(=O)OCc3ccc([N+](=O)[O-])cc3)=C(SC3CNC(=O)OC3)[C@H](C)[C@H]12. The first-order valence-corrected chi connectivity index (χ1v) is 11.3. The van der Waals surface area contributed by atoms with Gasteiger partial charge in [0.15, 0.2) is 0 Å². The number of β-lactam (4-membered cyclic amide) rings is 1. The van der Waals surface area contributed by atoms with Crippen LogP contribution in [-0.4, -0.2) is 63.4 Å². The molecule has 4 rings (SSSR count). The Hall–Kier alpha value is -3.12. The Morgan fingerprint density at radius 1 is 1.39 bits per heavy atom. The Kier molecular flexibility index (Phi) is 6.30. The molecule has 1 unspecified atom stereocenters. The highest BCUT2D eigenvalue weighted by Gasteiger charge is 2.60. The van der Waals surface area contributed by atoms with E-state index in [2.05, 4.69) is 5.32 Å². The molecule has 0 spiro atoms. The second kappa shape index (κ2) is 9.02. The van der Waals surface area contributed by atoms with Crippen molar-refractivity contribution in [3.8, 4) is 0 Å². The van der Waals surface area contributed by atoms with Crippen molar-refractivity contribution >= 4 is 35.4 Å². The second-order valence-electron chi connectivity index (χ2n) is 8.19. The maximum Gasteiger partial charge on any atom is 0.407 e. The maximum atomic E-state index is 13.1. The standard InChI is InChI=1S/C21H23N3O8S/c1-10-16-15(11(2)25)19(26)23(16)17(18(10)33-14-7-22-21(28)32-9-14)20(27)31-8-12-3-5-13(6-4-12)24(29)30/h3-6,10-11,14-16,25H,7-9H2,1-2H3,(H,22,28)/t10-,11-,14?,15-,16-/m1/s1. The number of aliphatic hydroxyl groups excluding tert-OH is 1. The van der Waals surface area contributed by atoms with Gasteiger partial charge in [-0.15, -0.1) is 11.8 Å². The van der Waals surface area contributed by atoms with Crippen LogP contribution in [0.15, 0.2) is 34.9 Å². The van der Waals surface area contributed by atoms with E-state index in [1.807, 2.05) is 6.92 Å². The van der Waals surface area contributed by atoms with Gasteiger partial charge in [0.2, 0.25) is 5.91 Å². The number of carbonyl (C=O) groups excluding carboxylic acids is 3. The van der Waals surface area contributed by atoms with Gasteiger partial charge in [0.05, 0.1) is 28.2 Å². The number of benzene rings is 1. The zero-order chi connectivity index (χ0) is 23.9. The second-order valence-corrected chi connectivity index (χ2v) is 9.53. The molecule has 3 aliphatic rings. The molecule has 1 aromatic carbocycles. The lowest BCUT2D eigenvalue weighted by atomic mass is 9.79. The van der Waals surface area contributed by atoms with Crippen LogP contribution in [0.4, 0.5) is 10.5 Å². The molecule has 2 fully saturated rings. The van der Waals surface area contributed by atoms with Crippen LogP contribution in [0.25, 0.3) is 0 Å². The van der Waals surface area contributed by atoms with Crippen LogP contribution in [0.3, 0.4) is 0 Å². The van der Waals surface area contributed by atoms with E-state index in [9.17, 15) is 29.6 Å². The van der Waals surface area contributed by atoms with Crippen LogP contribution in [0, 0.1) is 22.0 Å². The number of alkyl carbamates (subject to hydrolysis) is 1. The lowest BCUT2D eigenvalue weighted by Crippen LogP contribution is -2.63. The fraction of sp³-hybridized carbons (Fsp3) is 0.476. The topological polar surface area (TPSA) is 148 Å². The molecule has 176 valence electrons. The van der Waals surface area contributed by atoms with Crippen molar-refractivity contribution < 1.29 is 33.9 Å². The minimum Gasteiger partial charge on any atom is -0.456 e. The van der Waals surface area contributed by atoms with Crippen LogP contribution < -0.4 is 5.32 Å². The van der Waals surface area contributed by atoms with Crippen LogP contribution in [0.2, 0.25) is 0 Å². The van der Waals surface area contributed by atoms with Gasteiger partial charge < -0.3 is 24.8 Å². The molecule has 5 atom stereocenters. The quantitative estimate of drug-likeness (QED) is 0.258. The molecule has 0 aromatic heterocycles. The van der Waals surface area contributed by atoms with Crippen molar-refractivity contribution in [1.29, 1.82) is 0 Å². The Morgan fingerprint density at radius 2 is 2.09 bits per heavy atom. The molecule has 0 saturated carbocycles. The first-order valence-electron chi connectivity index (χ1n) is 10.4. The molecule has 0 aliphatic carbocycles. The summed E-state index contributed by atoms with van der Waals surface area (Å²) in [6, 6.07) is 5.27. The number of esters is 1. The molecule has 33 heavy (non-hydrogen) atoms. The average molecular weight is 477 g/mol. The molecule has 12 heteroatoms. The van der Waals surface area contributed by atoms with E-state index >= 15 is 0 Å². The van der Waals surface area contributed by atoms with Gasteiger partial charge in [-0.1, -0.05) is 6.92 Å².